The van der Waals surface area contributed by atoms with Crippen LogP contribution in [0, 0.1) is 0 Å². The first-order chi connectivity index (χ1) is 10.8. The minimum atomic E-state index is -2.68. The van der Waals surface area contributed by atoms with Gasteiger partial charge < -0.3 is 35.0 Å². The van der Waals surface area contributed by atoms with Crippen molar-refractivity contribution in [1.82, 2.24) is 9.78 Å². The number of carbonyl (C=O) groups is 1. The Morgan fingerprint density at radius 1 is 1.43 bits per heavy atom. The summed E-state index contributed by atoms with van der Waals surface area (Å²) in [7, 11) is 0. The number of aliphatic hydroxyl groups excluding tert-OH is 3. The number of hydrogen-bond donors (Lipinski definition) is 5. The molecule has 126 valence electrons. The van der Waals surface area contributed by atoms with Crippen molar-refractivity contribution >= 4 is 5.97 Å². The highest BCUT2D eigenvalue weighted by Gasteiger charge is 2.42. The van der Waals surface area contributed by atoms with Gasteiger partial charge in [0.25, 0.3) is 0 Å². The summed E-state index contributed by atoms with van der Waals surface area (Å²) in [6.07, 6.45) is 1.14. The standard InChI is InChI=1S/C13H16N2O8/c1-2-7-5-8(12(19)20)15(14-7)3-4-22-13(21)11(18)10(17)9(16)6-23-13/h5-6,16-18,21H,2-4H2,1H3,(H,19,20). The Bertz CT molecular complexity index is 678. The average Bonchev–Trinajstić information content (AvgIpc) is 2.93. The minimum absolute atomic E-state index is 0.0536. The maximum atomic E-state index is 11.1. The molecule has 2 rings (SSSR count). The van der Waals surface area contributed by atoms with Gasteiger partial charge in [0, 0.05) is 0 Å². The van der Waals surface area contributed by atoms with Crippen molar-refractivity contribution in [2.24, 2.45) is 0 Å². The first kappa shape index (κ1) is 16.6. The van der Waals surface area contributed by atoms with E-state index in [0.29, 0.717) is 18.4 Å². The summed E-state index contributed by atoms with van der Waals surface area (Å²) in [4.78, 5) is 11.1. The van der Waals surface area contributed by atoms with E-state index in [1.54, 1.807) is 0 Å². The molecule has 1 aromatic rings. The second kappa shape index (κ2) is 6.18. The van der Waals surface area contributed by atoms with Crippen molar-refractivity contribution in [3.63, 3.8) is 0 Å². The molecule has 0 aliphatic carbocycles. The third-order valence-electron chi connectivity index (χ3n) is 3.11. The molecule has 1 aliphatic rings. The maximum Gasteiger partial charge on any atom is 0.391 e. The lowest BCUT2D eigenvalue weighted by atomic mass is 10.3. The Labute approximate surface area is 130 Å². The number of rotatable bonds is 6. The third-order valence-corrected chi connectivity index (χ3v) is 3.11. The first-order valence-corrected chi connectivity index (χ1v) is 6.64. The van der Waals surface area contributed by atoms with E-state index in [0.717, 1.165) is 0 Å². The quantitative estimate of drug-likeness (QED) is 0.471. The lowest BCUT2D eigenvalue weighted by molar-refractivity contribution is -0.332. The smallest absolute Gasteiger partial charge is 0.391 e. The lowest BCUT2D eigenvalue weighted by Crippen LogP contribution is -2.40. The van der Waals surface area contributed by atoms with Crippen LogP contribution in [0.1, 0.15) is 23.1 Å². The molecule has 1 aliphatic heterocycles. The molecule has 10 nitrogen and oxygen atoms in total. The number of carboxylic acids is 1. The van der Waals surface area contributed by atoms with Crippen molar-refractivity contribution in [2.75, 3.05) is 6.61 Å². The number of aromatic nitrogens is 2. The highest BCUT2D eigenvalue weighted by atomic mass is 16.8. The molecule has 1 unspecified atom stereocenters. The molecular formula is C13H16N2O8. The van der Waals surface area contributed by atoms with Gasteiger partial charge in [0.1, 0.15) is 12.0 Å². The van der Waals surface area contributed by atoms with Crippen LogP contribution in [-0.2, 0) is 22.4 Å². The van der Waals surface area contributed by atoms with Crippen molar-refractivity contribution in [1.29, 1.82) is 0 Å². The molecule has 0 amide bonds. The monoisotopic (exact) mass is 328 g/mol. The van der Waals surface area contributed by atoms with E-state index in [1.165, 1.54) is 10.7 Å². The fraction of sp³-hybridized carbons (Fsp3) is 0.385. The van der Waals surface area contributed by atoms with E-state index < -0.39 is 29.2 Å². The van der Waals surface area contributed by atoms with Crippen LogP contribution in [0.4, 0.5) is 0 Å². The molecule has 10 heteroatoms. The SMILES string of the molecule is CCc1cc(C(=O)O)n(CCOC2(O)OC=C(O)C(O)=C2O)n1. The predicted molar refractivity (Wildman–Crippen MR) is 73.5 cm³/mol. The summed E-state index contributed by atoms with van der Waals surface area (Å²) in [5, 5.41) is 51.1. The summed E-state index contributed by atoms with van der Waals surface area (Å²) in [6, 6.07) is 1.41. The third kappa shape index (κ3) is 3.22. The molecule has 1 atom stereocenters. The number of carboxylic acid groups (broad SMARTS) is 1. The second-order valence-corrected chi connectivity index (χ2v) is 4.65. The molecular weight excluding hydrogens is 312 g/mol. The van der Waals surface area contributed by atoms with Crippen LogP contribution in [0.25, 0.3) is 0 Å². The van der Waals surface area contributed by atoms with Gasteiger partial charge in [-0.1, -0.05) is 6.92 Å². The zero-order chi connectivity index (χ0) is 17.2. The Morgan fingerprint density at radius 2 is 2.13 bits per heavy atom. The number of ether oxygens (including phenoxy) is 2. The molecule has 0 saturated carbocycles. The molecule has 0 radical (unpaired) electrons. The second-order valence-electron chi connectivity index (χ2n) is 4.65. The van der Waals surface area contributed by atoms with Gasteiger partial charge in [-0.05, 0) is 12.5 Å². The minimum Gasteiger partial charge on any atom is -0.502 e. The summed E-state index contributed by atoms with van der Waals surface area (Å²) in [5.41, 5.74) is 0.519. The number of nitrogens with zero attached hydrogens (tertiary/aromatic N) is 2. The van der Waals surface area contributed by atoms with E-state index in [-0.39, 0.29) is 18.8 Å². The van der Waals surface area contributed by atoms with Gasteiger partial charge in [-0.25, -0.2) is 4.79 Å². The van der Waals surface area contributed by atoms with Crippen LogP contribution in [0.5, 0.6) is 0 Å². The van der Waals surface area contributed by atoms with Gasteiger partial charge in [0.15, 0.2) is 5.76 Å². The van der Waals surface area contributed by atoms with E-state index in [9.17, 15) is 20.1 Å². The van der Waals surface area contributed by atoms with Crippen molar-refractivity contribution in [3.05, 3.63) is 41.0 Å². The molecule has 0 saturated heterocycles. The molecule has 1 aromatic heterocycles. The van der Waals surface area contributed by atoms with Gasteiger partial charge in [-0.15, -0.1) is 0 Å². The van der Waals surface area contributed by atoms with Crippen LogP contribution in [0.3, 0.4) is 0 Å². The van der Waals surface area contributed by atoms with Crippen LogP contribution in [0.2, 0.25) is 0 Å². The van der Waals surface area contributed by atoms with Crippen LogP contribution >= 0.6 is 0 Å². The molecule has 5 N–H and O–H groups in total. The van der Waals surface area contributed by atoms with Crippen molar-refractivity contribution < 1.29 is 39.8 Å². The fourth-order valence-corrected chi connectivity index (χ4v) is 1.88. The van der Waals surface area contributed by atoms with Gasteiger partial charge in [-0.2, -0.15) is 5.10 Å². The summed E-state index contributed by atoms with van der Waals surface area (Å²) in [5.74, 6) is -6.73. The zero-order valence-corrected chi connectivity index (χ0v) is 12.1. The van der Waals surface area contributed by atoms with E-state index in [4.69, 9.17) is 14.9 Å². The van der Waals surface area contributed by atoms with E-state index >= 15 is 0 Å². The summed E-state index contributed by atoms with van der Waals surface area (Å²) in [6.45, 7) is 1.46. The Morgan fingerprint density at radius 3 is 2.74 bits per heavy atom. The van der Waals surface area contributed by atoms with Gasteiger partial charge in [0.05, 0.1) is 18.8 Å². The number of aromatic carboxylic acids is 1. The van der Waals surface area contributed by atoms with Crippen molar-refractivity contribution in [3.8, 4) is 0 Å². The molecule has 0 aromatic carbocycles. The average molecular weight is 328 g/mol. The molecule has 0 bridgehead atoms. The summed E-state index contributed by atoms with van der Waals surface area (Å²) >= 11 is 0. The predicted octanol–water partition coefficient (Wildman–Crippen LogP) is 0.564. The van der Waals surface area contributed by atoms with Gasteiger partial charge in [-0.3, -0.25) is 4.68 Å². The highest BCUT2D eigenvalue weighted by Crippen LogP contribution is 2.28. The Balaban J connectivity index is 2.06. The molecule has 0 spiro atoms. The van der Waals surface area contributed by atoms with Crippen LogP contribution in [-0.4, -0.2) is 53.9 Å². The highest BCUT2D eigenvalue weighted by molar-refractivity contribution is 5.85. The van der Waals surface area contributed by atoms with Crippen LogP contribution < -0.4 is 0 Å². The van der Waals surface area contributed by atoms with Crippen molar-refractivity contribution in [2.45, 2.75) is 25.9 Å². The fourth-order valence-electron chi connectivity index (χ4n) is 1.88. The number of hydrogen-bond acceptors (Lipinski definition) is 8. The van der Waals surface area contributed by atoms with E-state index in [1.807, 2.05) is 6.92 Å². The Kier molecular flexibility index (Phi) is 4.48. The first-order valence-electron chi connectivity index (χ1n) is 6.64. The lowest BCUT2D eigenvalue weighted by Gasteiger charge is -2.28. The molecule has 0 fully saturated rings. The molecule has 2 heterocycles. The van der Waals surface area contributed by atoms with Gasteiger partial charge >= 0.3 is 11.9 Å². The topological polar surface area (TPSA) is 154 Å². The van der Waals surface area contributed by atoms with Gasteiger partial charge in [0.2, 0.25) is 11.5 Å². The largest absolute Gasteiger partial charge is 0.502 e. The van der Waals surface area contributed by atoms with E-state index in [2.05, 4.69) is 9.84 Å². The number of aryl methyl sites for hydroxylation is 1. The Hall–Kier alpha value is -2.72. The van der Waals surface area contributed by atoms with Crippen LogP contribution in [0.15, 0.2) is 29.6 Å². The number of aliphatic hydroxyl groups is 4. The zero-order valence-electron chi connectivity index (χ0n) is 12.1. The molecule has 23 heavy (non-hydrogen) atoms. The maximum absolute atomic E-state index is 11.1. The summed E-state index contributed by atoms with van der Waals surface area (Å²) < 4.78 is 10.7. The normalized spacial score (nSPS) is 21.0.